The van der Waals surface area contributed by atoms with Crippen LogP contribution in [0.25, 0.3) is 0 Å². The molecule has 0 radical (unpaired) electrons. The van der Waals surface area contributed by atoms with Crippen molar-refractivity contribution < 1.29 is 9.53 Å². The minimum Gasteiger partial charge on any atom is -0.496 e. The van der Waals surface area contributed by atoms with Gasteiger partial charge in [-0.25, -0.2) is 0 Å². The number of hydrogen-bond acceptors (Lipinski definition) is 3. The second kappa shape index (κ2) is 7.29. The summed E-state index contributed by atoms with van der Waals surface area (Å²) >= 11 is 0. The third kappa shape index (κ3) is 4.11. The predicted octanol–water partition coefficient (Wildman–Crippen LogP) is 2.54. The van der Waals surface area contributed by atoms with Crippen LogP contribution >= 0.6 is 0 Å². The van der Waals surface area contributed by atoms with Crippen molar-refractivity contribution in [1.82, 2.24) is 5.32 Å². The fourth-order valence-corrected chi connectivity index (χ4v) is 2.51. The fourth-order valence-electron chi connectivity index (χ4n) is 2.51. The third-order valence-corrected chi connectivity index (χ3v) is 3.96. The number of methoxy groups -OCH3 is 1. The van der Waals surface area contributed by atoms with Crippen molar-refractivity contribution in [2.45, 2.75) is 25.8 Å². The van der Waals surface area contributed by atoms with E-state index in [2.05, 4.69) is 11.4 Å². The zero-order valence-corrected chi connectivity index (χ0v) is 13.9. The molecule has 0 spiro atoms. The highest BCUT2D eigenvalue weighted by molar-refractivity contribution is 5.86. The van der Waals surface area contributed by atoms with Gasteiger partial charge in [-0.05, 0) is 37.5 Å². The van der Waals surface area contributed by atoms with Gasteiger partial charge in [-0.2, -0.15) is 0 Å². The van der Waals surface area contributed by atoms with E-state index in [9.17, 15) is 4.79 Å². The number of carbonyl (C=O) groups excluding carboxylic acids is 1. The maximum Gasteiger partial charge on any atom is 0.244 e. The molecule has 2 aromatic rings. The van der Waals surface area contributed by atoms with Crippen LogP contribution in [-0.4, -0.2) is 19.6 Å². The van der Waals surface area contributed by atoms with E-state index in [-0.39, 0.29) is 5.91 Å². The lowest BCUT2D eigenvalue weighted by Crippen LogP contribution is -2.49. The largest absolute Gasteiger partial charge is 0.496 e. The summed E-state index contributed by atoms with van der Waals surface area (Å²) in [5, 5.41) is 2.92. The Morgan fingerprint density at radius 3 is 2.57 bits per heavy atom. The molecule has 1 amide bonds. The summed E-state index contributed by atoms with van der Waals surface area (Å²) in [5.41, 5.74) is 8.20. The molecule has 2 rings (SSSR count). The number of benzene rings is 2. The van der Waals surface area contributed by atoms with Gasteiger partial charge in [-0.3, -0.25) is 4.79 Å². The zero-order chi connectivity index (χ0) is 16.9. The summed E-state index contributed by atoms with van der Waals surface area (Å²) in [6, 6.07) is 15.4. The first-order chi connectivity index (χ1) is 10.9. The quantitative estimate of drug-likeness (QED) is 0.861. The van der Waals surface area contributed by atoms with Crippen molar-refractivity contribution >= 4 is 5.91 Å². The van der Waals surface area contributed by atoms with Gasteiger partial charge in [0.15, 0.2) is 0 Å². The Hall–Kier alpha value is -2.33. The number of nitrogens with one attached hydrogen (secondary N) is 1. The Morgan fingerprint density at radius 1 is 1.22 bits per heavy atom. The van der Waals surface area contributed by atoms with Gasteiger partial charge in [-0.1, -0.05) is 48.0 Å². The normalized spacial score (nSPS) is 13.2. The molecule has 0 bridgehead atoms. The van der Waals surface area contributed by atoms with E-state index in [4.69, 9.17) is 10.5 Å². The Balaban J connectivity index is 1.99. The van der Waals surface area contributed by atoms with Crippen LogP contribution in [0.4, 0.5) is 0 Å². The second-order valence-electron chi connectivity index (χ2n) is 5.89. The summed E-state index contributed by atoms with van der Waals surface area (Å²) in [4.78, 5) is 12.4. The molecule has 0 aromatic heterocycles. The third-order valence-electron chi connectivity index (χ3n) is 3.96. The van der Waals surface area contributed by atoms with Crippen molar-refractivity contribution in [2.24, 2.45) is 5.73 Å². The number of rotatable bonds is 6. The van der Waals surface area contributed by atoms with Crippen LogP contribution in [0.3, 0.4) is 0 Å². The SMILES string of the molecule is COc1ccc(C)cc1CCNC(=O)C(C)(N)c1ccccc1. The van der Waals surface area contributed by atoms with E-state index in [1.54, 1.807) is 14.0 Å². The van der Waals surface area contributed by atoms with Crippen LogP contribution in [0.2, 0.25) is 0 Å². The number of amides is 1. The topological polar surface area (TPSA) is 64.3 Å². The van der Waals surface area contributed by atoms with Gasteiger partial charge < -0.3 is 15.8 Å². The van der Waals surface area contributed by atoms with Gasteiger partial charge in [-0.15, -0.1) is 0 Å². The van der Waals surface area contributed by atoms with Gasteiger partial charge >= 0.3 is 0 Å². The molecule has 0 heterocycles. The number of hydrogen-bond donors (Lipinski definition) is 2. The zero-order valence-electron chi connectivity index (χ0n) is 13.9. The molecule has 0 aliphatic heterocycles. The summed E-state index contributed by atoms with van der Waals surface area (Å²) in [6.07, 6.45) is 0.696. The molecular weight excluding hydrogens is 288 g/mol. The Morgan fingerprint density at radius 2 is 1.91 bits per heavy atom. The lowest BCUT2D eigenvalue weighted by Gasteiger charge is -2.24. The van der Waals surface area contributed by atoms with E-state index in [0.29, 0.717) is 13.0 Å². The van der Waals surface area contributed by atoms with E-state index in [0.717, 1.165) is 16.9 Å². The summed E-state index contributed by atoms with van der Waals surface area (Å²) < 4.78 is 5.36. The minimum atomic E-state index is -1.04. The smallest absolute Gasteiger partial charge is 0.244 e. The molecule has 1 atom stereocenters. The molecule has 23 heavy (non-hydrogen) atoms. The highest BCUT2D eigenvalue weighted by atomic mass is 16.5. The van der Waals surface area contributed by atoms with E-state index >= 15 is 0 Å². The molecule has 0 aliphatic carbocycles. The van der Waals surface area contributed by atoms with Gasteiger partial charge in [0, 0.05) is 6.54 Å². The monoisotopic (exact) mass is 312 g/mol. The average molecular weight is 312 g/mol. The van der Waals surface area contributed by atoms with Gasteiger partial charge in [0.1, 0.15) is 11.3 Å². The molecule has 0 aliphatic rings. The van der Waals surface area contributed by atoms with Crippen LogP contribution in [0.5, 0.6) is 5.75 Å². The first kappa shape index (κ1) is 17.0. The molecule has 122 valence electrons. The van der Waals surface area contributed by atoms with Crippen molar-refractivity contribution in [3.8, 4) is 5.75 Å². The molecule has 0 fully saturated rings. The second-order valence-corrected chi connectivity index (χ2v) is 5.89. The number of aryl methyl sites for hydroxylation is 1. The molecule has 0 saturated heterocycles. The molecule has 4 nitrogen and oxygen atoms in total. The number of ether oxygens (including phenoxy) is 1. The lowest BCUT2D eigenvalue weighted by atomic mass is 9.92. The van der Waals surface area contributed by atoms with E-state index in [1.807, 2.05) is 49.4 Å². The minimum absolute atomic E-state index is 0.185. The molecule has 4 heteroatoms. The van der Waals surface area contributed by atoms with Crippen LogP contribution in [0.1, 0.15) is 23.6 Å². The van der Waals surface area contributed by atoms with Crippen LogP contribution in [0, 0.1) is 6.92 Å². The molecule has 2 aromatic carbocycles. The van der Waals surface area contributed by atoms with E-state index < -0.39 is 5.54 Å². The molecule has 3 N–H and O–H groups in total. The van der Waals surface area contributed by atoms with Gasteiger partial charge in [0.25, 0.3) is 0 Å². The van der Waals surface area contributed by atoms with Gasteiger partial charge in [0.05, 0.1) is 7.11 Å². The maximum absolute atomic E-state index is 12.4. The number of nitrogens with two attached hydrogens (primary N) is 1. The molecule has 1 unspecified atom stereocenters. The summed E-state index contributed by atoms with van der Waals surface area (Å²) in [6.45, 7) is 4.27. The van der Waals surface area contributed by atoms with Crippen molar-refractivity contribution in [2.75, 3.05) is 13.7 Å². The van der Waals surface area contributed by atoms with Crippen molar-refractivity contribution in [3.05, 3.63) is 65.2 Å². The van der Waals surface area contributed by atoms with Crippen molar-refractivity contribution in [3.63, 3.8) is 0 Å². The summed E-state index contributed by atoms with van der Waals surface area (Å²) in [7, 11) is 1.65. The highest BCUT2D eigenvalue weighted by Crippen LogP contribution is 2.20. The van der Waals surface area contributed by atoms with Crippen molar-refractivity contribution in [1.29, 1.82) is 0 Å². The standard InChI is InChI=1S/C19H24N2O2/c1-14-9-10-17(23-3)15(13-14)11-12-21-18(22)19(2,20)16-7-5-4-6-8-16/h4-10,13H,11-12,20H2,1-3H3,(H,21,22). The predicted molar refractivity (Wildman–Crippen MR) is 92.4 cm³/mol. The van der Waals surface area contributed by atoms with Crippen LogP contribution in [-0.2, 0) is 16.8 Å². The maximum atomic E-state index is 12.4. The lowest BCUT2D eigenvalue weighted by molar-refractivity contribution is -0.126. The Kier molecular flexibility index (Phi) is 5.40. The first-order valence-electron chi connectivity index (χ1n) is 7.71. The first-order valence-corrected chi connectivity index (χ1v) is 7.71. The Labute approximate surface area is 137 Å². The van der Waals surface area contributed by atoms with E-state index in [1.165, 1.54) is 5.56 Å². The average Bonchev–Trinajstić information content (AvgIpc) is 2.55. The van der Waals surface area contributed by atoms with Crippen LogP contribution in [0.15, 0.2) is 48.5 Å². The summed E-state index contributed by atoms with van der Waals surface area (Å²) in [5.74, 6) is 0.652. The van der Waals surface area contributed by atoms with Gasteiger partial charge in [0.2, 0.25) is 5.91 Å². The fraction of sp³-hybridized carbons (Fsp3) is 0.316. The Bertz CT molecular complexity index is 666. The molecule has 0 saturated carbocycles. The highest BCUT2D eigenvalue weighted by Gasteiger charge is 2.29. The van der Waals surface area contributed by atoms with Crippen LogP contribution < -0.4 is 15.8 Å². The molecular formula is C19H24N2O2. The number of carbonyl (C=O) groups is 1.